The van der Waals surface area contributed by atoms with Crippen LogP contribution in [0.2, 0.25) is 0 Å². The van der Waals surface area contributed by atoms with Gasteiger partial charge in [0, 0.05) is 12.2 Å². The van der Waals surface area contributed by atoms with Gasteiger partial charge in [0.05, 0.1) is 18.4 Å². The van der Waals surface area contributed by atoms with Crippen LogP contribution in [0.5, 0.6) is 0 Å². The number of carbonyl (C=O) groups is 1. The van der Waals surface area contributed by atoms with E-state index in [2.05, 4.69) is 25.8 Å². The van der Waals surface area contributed by atoms with Crippen LogP contribution in [0.1, 0.15) is 6.92 Å². The van der Waals surface area contributed by atoms with Gasteiger partial charge in [0.1, 0.15) is 19.2 Å². The first-order valence-electron chi connectivity index (χ1n) is 6.23. The Labute approximate surface area is 119 Å². The molecule has 0 saturated heterocycles. The summed E-state index contributed by atoms with van der Waals surface area (Å²) < 4.78 is 27.0. The van der Waals surface area contributed by atoms with E-state index < -0.39 is 19.0 Å². The van der Waals surface area contributed by atoms with E-state index in [1.54, 1.807) is 11.0 Å². The first-order chi connectivity index (χ1) is 10.0. The van der Waals surface area contributed by atoms with E-state index in [0.717, 1.165) is 4.68 Å². The van der Waals surface area contributed by atoms with Gasteiger partial charge < -0.3 is 10.6 Å². The number of alkyl halides is 2. The van der Waals surface area contributed by atoms with Crippen molar-refractivity contribution < 1.29 is 13.6 Å². The number of halogens is 2. The minimum Gasteiger partial charge on any atom is -0.334 e. The highest BCUT2D eigenvalue weighted by Crippen LogP contribution is 2.06. The Hall–Kier alpha value is -2.52. The van der Waals surface area contributed by atoms with E-state index in [9.17, 15) is 13.6 Å². The quantitative estimate of drug-likeness (QED) is 0.831. The molecule has 0 aromatic carbocycles. The third-order valence-corrected chi connectivity index (χ3v) is 2.52. The number of amides is 2. The molecule has 2 rings (SSSR count). The summed E-state index contributed by atoms with van der Waals surface area (Å²) in [5, 5.41) is 12.9. The molecule has 0 aliphatic heterocycles. The maximum absolute atomic E-state index is 12.2. The average molecular weight is 299 g/mol. The van der Waals surface area contributed by atoms with E-state index in [-0.39, 0.29) is 6.04 Å². The number of hydrogen-bond acceptors (Lipinski definition) is 4. The lowest BCUT2D eigenvalue weighted by molar-refractivity contribution is 0.122. The Morgan fingerprint density at radius 2 is 2.14 bits per heavy atom. The molecule has 21 heavy (non-hydrogen) atoms. The van der Waals surface area contributed by atoms with Gasteiger partial charge in [-0.05, 0) is 6.92 Å². The molecule has 0 unspecified atom stereocenters. The summed E-state index contributed by atoms with van der Waals surface area (Å²) in [4.78, 5) is 15.5. The maximum atomic E-state index is 12.2. The van der Waals surface area contributed by atoms with Crippen LogP contribution in [-0.4, -0.2) is 43.0 Å². The average Bonchev–Trinajstić information content (AvgIpc) is 3.00. The van der Waals surface area contributed by atoms with Gasteiger partial charge in [0.25, 0.3) is 6.43 Å². The molecule has 0 saturated carbocycles. The molecule has 0 spiro atoms. The lowest BCUT2D eigenvalue weighted by Crippen LogP contribution is -2.38. The monoisotopic (exact) mass is 299 g/mol. The summed E-state index contributed by atoms with van der Waals surface area (Å²) >= 11 is 0. The first-order valence-corrected chi connectivity index (χ1v) is 6.23. The Morgan fingerprint density at radius 1 is 1.33 bits per heavy atom. The topological polar surface area (TPSA) is 89.7 Å². The van der Waals surface area contributed by atoms with E-state index >= 15 is 0 Å². The van der Waals surface area contributed by atoms with Crippen molar-refractivity contribution in [2.75, 3.05) is 5.32 Å². The lowest BCUT2D eigenvalue weighted by atomic mass is 10.3. The lowest BCUT2D eigenvalue weighted by Gasteiger charge is -2.13. The van der Waals surface area contributed by atoms with Crippen LogP contribution in [0.4, 0.5) is 19.3 Å². The fourth-order valence-electron chi connectivity index (χ4n) is 1.71. The highest BCUT2D eigenvalue weighted by atomic mass is 19.3. The van der Waals surface area contributed by atoms with E-state index in [1.165, 1.54) is 18.7 Å². The van der Waals surface area contributed by atoms with E-state index in [4.69, 9.17) is 0 Å². The molecule has 2 aromatic heterocycles. The van der Waals surface area contributed by atoms with Crippen LogP contribution in [-0.2, 0) is 13.1 Å². The zero-order valence-corrected chi connectivity index (χ0v) is 11.3. The Bertz CT molecular complexity index is 569. The van der Waals surface area contributed by atoms with Crippen LogP contribution in [0, 0.1) is 0 Å². The van der Waals surface area contributed by atoms with E-state index in [1.807, 2.05) is 6.92 Å². The fourth-order valence-corrected chi connectivity index (χ4v) is 1.71. The molecule has 114 valence electrons. The van der Waals surface area contributed by atoms with Gasteiger partial charge in [0.2, 0.25) is 0 Å². The number of carbonyl (C=O) groups excluding carboxylic acids is 1. The number of nitrogens with one attached hydrogen (secondary N) is 2. The second-order valence-electron chi connectivity index (χ2n) is 4.46. The largest absolute Gasteiger partial charge is 0.334 e. The maximum Gasteiger partial charge on any atom is 0.319 e. The minimum atomic E-state index is -2.49. The molecular weight excluding hydrogens is 284 g/mol. The molecular formula is C11H15F2N7O. The smallest absolute Gasteiger partial charge is 0.319 e. The predicted octanol–water partition coefficient (Wildman–Crippen LogP) is 0.950. The van der Waals surface area contributed by atoms with Gasteiger partial charge >= 0.3 is 6.03 Å². The number of urea groups is 1. The normalized spacial score (nSPS) is 12.4. The van der Waals surface area contributed by atoms with Crippen molar-refractivity contribution in [2.45, 2.75) is 32.5 Å². The van der Waals surface area contributed by atoms with Crippen molar-refractivity contribution in [3.05, 3.63) is 25.0 Å². The van der Waals surface area contributed by atoms with Gasteiger partial charge in [-0.15, -0.1) is 0 Å². The summed E-state index contributed by atoms with van der Waals surface area (Å²) in [6.07, 6.45) is 3.11. The van der Waals surface area contributed by atoms with Gasteiger partial charge in [-0.1, -0.05) is 0 Å². The molecule has 8 nitrogen and oxygen atoms in total. The standard InChI is InChI=1S/C11H15F2N7O/c1-8(3-20-7-14-6-16-20)17-11(21)18-9-2-15-19(4-9)5-10(12)13/h2,4,6-8,10H,3,5H2,1H3,(H2,17,18,21)/t8-/m1/s1. The SMILES string of the molecule is C[C@H](Cn1cncn1)NC(=O)Nc1cnn(CC(F)F)c1. The molecule has 0 aliphatic carbocycles. The minimum absolute atomic E-state index is 0.178. The van der Waals surface area contributed by atoms with Crippen molar-refractivity contribution in [1.82, 2.24) is 29.9 Å². The zero-order chi connectivity index (χ0) is 15.2. The van der Waals surface area contributed by atoms with Gasteiger partial charge in [-0.25, -0.2) is 18.6 Å². The Kier molecular flexibility index (Phi) is 4.80. The predicted molar refractivity (Wildman–Crippen MR) is 69.9 cm³/mol. The molecule has 0 radical (unpaired) electrons. The highest BCUT2D eigenvalue weighted by Gasteiger charge is 2.10. The molecule has 2 amide bonds. The molecule has 2 aromatic rings. The number of aromatic nitrogens is 5. The van der Waals surface area contributed by atoms with Crippen LogP contribution in [0.15, 0.2) is 25.0 Å². The molecule has 0 fully saturated rings. The molecule has 2 N–H and O–H groups in total. The van der Waals surface area contributed by atoms with Gasteiger partial charge in [-0.2, -0.15) is 10.2 Å². The summed E-state index contributed by atoms with van der Waals surface area (Å²) in [5.74, 6) is 0. The summed E-state index contributed by atoms with van der Waals surface area (Å²) in [5.41, 5.74) is 0.348. The second kappa shape index (κ2) is 6.77. The van der Waals surface area contributed by atoms with Crippen molar-refractivity contribution in [3.8, 4) is 0 Å². The van der Waals surface area contributed by atoms with Crippen molar-refractivity contribution in [3.63, 3.8) is 0 Å². The van der Waals surface area contributed by atoms with E-state index in [0.29, 0.717) is 12.2 Å². The third-order valence-electron chi connectivity index (χ3n) is 2.52. The molecule has 0 aliphatic rings. The van der Waals surface area contributed by atoms with Crippen LogP contribution in [0.3, 0.4) is 0 Å². The Morgan fingerprint density at radius 3 is 2.81 bits per heavy atom. The second-order valence-corrected chi connectivity index (χ2v) is 4.46. The molecule has 0 bridgehead atoms. The summed E-state index contributed by atoms with van der Waals surface area (Å²) in [7, 11) is 0. The molecule has 2 heterocycles. The Balaban J connectivity index is 1.79. The van der Waals surface area contributed by atoms with Crippen LogP contribution >= 0.6 is 0 Å². The number of rotatable bonds is 6. The number of nitrogens with zero attached hydrogens (tertiary/aromatic N) is 5. The van der Waals surface area contributed by atoms with Crippen molar-refractivity contribution in [2.24, 2.45) is 0 Å². The van der Waals surface area contributed by atoms with Crippen LogP contribution < -0.4 is 10.6 Å². The highest BCUT2D eigenvalue weighted by molar-refractivity contribution is 5.89. The van der Waals surface area contributed by atoms with Gasteiger partial charge in [-0.3, -0.25) is 9.36 Å². The molecule has 1 atom stereocenters. The molecule has 10 heteroatoms. The van der Waals surface area contributed by atoms with Crippen molar-refractivity contribution in [1.29, 1.82) is 0 Å². The first kappa shape index (κ1) is 14.9. The summed E-state index contributed by atoms with van der Waals surface area (Å²) in [6, 6.07) is -0.623. The number of hydrogen-bond donors (Lipinski definition) is 2. The fraction of sp³-hybridized carbons (Fsp3) is 0.455. The van der Waals surface area contributed by atoms with Crippen molar-refractivity contribution >= 4 is 11.7 Å². The number of anilines is 1. The van der Waals surface area contributed by atoms with Gasteiger partial charge in [0.15, 0.2) is 0 Å². The third kappa shape index (κ3) is 4.82. The van der Waals surface area contributed by atoms with Crippen LogP contribution in [0.25, 0.3) is 0 Å². The summed E-state index contributed by atoms with van der Waals surface area (Å²) in [6.45, 7) is 1.77. The zero-order valence-electron chi connectivity index (χ0n) is 11.3.